The molecule has 0 aliphatic heterocycles. The number of hydrogen-bond acceptors (Lipinski definition) is 3. The molecule has 2 rings (SSSR count). The van der Waals surface area contributed by atoms with Crippen LogP contribution in [0.25, 0.3) is 0 Å². The van der Waals surface area contributed by atoms with Crippen LogP contribution in [0.15, 0.2) is 59.5 Å². The number of thioether (sulfide) groups is 1. The lowest BCUT2D eigenvalue weighted by Crippen LogP contribution is -2.50. The lowest BCUT2D eigenvalue weighted by atomic mass is 10.0. The topological polar surface area (TPSA) is 58.2 Å². The highest BCUT2D eigenvalue weighted by molar-refractivity contribution is 7.99. The minimum atomic E-state index is -0.583. The Morgan fingerprint density at radius 1 is 1.04 bits per heavy atom. The number of hydrogen-bond donors (Lipinski definition) is 2. The Balaban J connectivity index is 1.84. The Hall–Kier alpha value is -1.98. The van der Waals surface area contributed by atoms with E-state index in [1.54, 1.807) is 36.0 Å². The van der Waals surface area contributed by atoms with Crippen molar-refractivity contribution in [1.82, 2.24) is 10.6 Å². The van der Waals surface area contributed by atoms with Crippen LogP contribution in [0, 0.1) is 5.92 Å². The summed E-state index contributed by atoms with van der Waals surface area (Å²) in [6.45, 7) is 4.36. The van der Waals surface area contributed by atoms with E-state index >= 15 is 0 Å². The normalized spacial score (nSPS) is 11.8. The number of carbonyl (C=O) groups excluding carboxylic acids is 2. The fourth-order valence-electron chi connectivity index (χ4n) is 2.33. The molecule has 2 aromatic carbocycles. The van der Waals surface area contributed by atoms with Gasteiger partial charge in [0.25, 0.3) is 5.91 Å². The molecule has 4 nitrogen and oxygen atoms in total. The molecule has 1 atom stereocenters. The predicted molar refractivity (Wildman–Crippen MR) is 108 cm³/mol. The molecule has 0 aliphatic rings. The van der Waals surface area contributed by atoms with Gasteiger partial charge in [0.15, 0.2) is 0 Å². The van der Waals surface area contributed by atoms with Gasteiger partial charge < -0.3 is 10.6 Å². The number of nitrogens with one attached hydrogen (secondary N) is 2. The Kier molecular flexibility index (Phi) is 8.01. The molecule has 2 aromatic rings. The van der Waals surface area contributed by atoms with Gasteiger partial charge >= 0.3 is 0 Å². The second-order valence-corrected chi connectivity index (χ2v) is 7.76. The monoisotopic (exact) mass is 390 g/mol. The molecule has 0 spiro atoms. The summed E-state index contributed by atoms with van der Waals surface area (Å²) in [5.41, 5.74) is 0.479. The maximum absolute atomic E-state index is 12.5. The highest BCUT2D eigenvalue weighted by Crippen LogP contribution is 2.16. The third-order valence-electron chi connectivity index (χ3n) is 3.76. The SMILES string of the molecule is CC(C)[C@H](NC(=O)c1ccc(Cl)cc1)C(=O)NCCSc1ccccc1. The van der Waals surface area contributed by atoms with Gasteiger partial charge in [0.1, 0.15) is 6.04 Å². The third-order valence-corrected chi connectivity index (χ3v) is 5.02. The molecule has 0 saturated heterocycles. The molecule has 0 saturated carbocycles. The van der Waals surface area contributed by atoms with Crippen LogP contribution in [-0.4, -0.2) is 30.2 Å². The van der Waals surface area contributed by atoms with Gasteiger partial charge in [-0.25, -0.2) is 0 Å². The zero-order chi connectivity index (χ0) is 18.9. The summed E-state index contributed by atoms with van der Waals surface area (Å²) in [5.74, 6) is 0.296. The molecule has 0 radical (unpaired) electrons. The second kappa shape index (κ2) is 10.2. The Morgan fingerprint density at radius 2 is 1.69 bits per heavy atom. The van der Waals surface area contributed by atoms with Crippen LogP contribution < -0.4 is 10.6 Å². The average Bonchev–Trinajstić information content (AvgIpc) is 2.64. The van der Waals surface area contributed by atoms with Gasteiger partial charge in [0.05, 0.1) is 0 Å². The number of rotatable bonds is 8. The van der Waals surface area contributed by atoms with Crippen molar-refractivity contribution in [3.63, 3.8) is 0 Å². The highest BCUT2D eigenvalue weighted by atomic mass is 35.5. The van der Waals surface area contributed by atoms with Gasteiger partial charge in [-0.05, 0) is 42.3 Å². The highest BCUT2D eigenvalue weighted by Gasteiger charge is 2.24. The molecule has 6 heteroatoms. The molecular formula is C20H23ClN2O2S. The van der Waals surface area contributed by atoms with E-state index in [-0.39, 0.29) is 17.7 Å². The van der Waals surface area contributed by atoms with Gasteiger partial charge in [-0.2, -0.15) is 0 Å². The van der Waals surface area contributed by atoms with E-state index in [9.17, 15) is 9.59 Å². The van der Waals surface area contributed by atoms with Crippen LogP contribution >= 0.6 is 23.4 Å². The predicted octanol–water partition coefficient (Wildman–Crippen LogP) is 4.00. The van der Waals surface area contributed by atoms with E-state index in [0.717, 1.165) is 10.6 Å². The number of halogens is 1. The smallest absolute Gasteiger partial charge is 0.251 e. The van der Waals surface area contributed by atoms with Crippen LogP contribution in [0.5, 0.6) is 0 Å². The van der Waals surface area contributed by atoms with Crippen LogP contribution in [-0.2, 0) is 4.79 Å². The Morgan fingerprint density at radius 3 is 2.31 bits per heavy atom. The van der Waals surface area contributed by atoms with Gasteiger partial charge in [-0.1, -0.05) is 43.6 Å². The molecule has 0 bridgehead atoms. The zero-order valence-corrected chi connectivity index (χ0v) is 16.4. The quantitative estimate of drug-likeness (QED) is 0.529. The van der Waals surface area contributed by atoms with Crippen LogP contribution in [0.2, 0.25) is 5.02 Å². The standard InChI is InChI=1S/C20H23ClN2O2S/c1-14(2)18(23-19(24)15-8-10-16(21)11-9-15)20(25)22-12-13-26-17-6-4-3-5-7-17/h3-11,14,18H,12-13H2,1-2H3,(H,22,25)(H,23,24)/t18-/m0/s1. The first-order valence-corrected chi connectivity index (χ1v) is 9.85. The van der Waals surface area contributed by atoms with Crippen molar-refractivity contribution in [1.29, 1.82) is 0 Å². The minimum Gasteiger partial charge on any atom is -0.353 e. The van der Waals surface area contributed by atoms with Crippen molar-refractivity contribution < 1.29 is 9.59 Å². The van der Waals surface area contributed by atoms with Gasteiger partial charge in [0.2, 0.25) is 5.91 Å². The summed E-state index contributed by atoms with van der Waals surface area (Å²) in [6.07, 6.45) is 0. The Labute approximate surface area is 163 Å². The first-order valence-electron chi connectivity index (χ1n) is 8.49. The van der Waals surface area contributed by atoms with E-state index in [0.29, 0.717) is 17.1 Å². The maximum Gasteiger partial charge on any atom is 0.251 e. The van der Waals surface area contributed by atoms with Crippen LogP contribution in [0.3, 0.4) is 0 Å². The summed E-state index contributed by atoms with van der Waals surface area (Å²) < 4.78 is 0. The summed E-state index contributed by atoms with van der Waals surface area (Å²) in [4.78, 5) is 26.0. The average molecular weight is 391 g/mol. The van der Waals surface area contributed by atoms with E-state index in [4.69, 9.17) is 11.6 Å². The van der Waals surface area contributed by atoms with Crippen LogP contribution in [0.4, 0.5) is 0 Å². The number of amides is 2. The van der Waals surface area contributed by atoms with Gasteiger partial charge in [-0.15, -0.1) is 11.8 Å². The first kappa shape index (κ1) is 20.3. The molecule has 2 N–H and O–H groups in total. The number of carbonyl (C=O) groups is 2. The largest absolute Gasteiger partial charge is 0.353 e. The number of benzene rings is 2. The molecular weight excluding hydrogens is 368 g/mol. The van der Waals surface area contributed by atoms with Gasteiger partial charge in [0, 0.05) is 27.8 Å². The first-order chi connectivity index (χ1) is 12.5. The van der Waals surface area contributed by atoms with Gasteiger partial charge in [-0.3, -0.25) is 9.59 Å². The molecule has 0 fully saturated rings. The van der Waals surface area contributed by atoms with Crippen molar-refractivity contribution in [3.8, 4) is 0 Å². The van der Waals surface area contributed by atoms with E-state index < -0.39 is 6.04 Å². The third kappa shape index (κ3) is 6.39. The van der Waals surface area contributed by atoms with Crippen LogP contribution in [0.1, 0.15) is 24.2 Å². The minimum absolute atomic E-state index is 0.0203. The van der Waals surface area contributed by atoms with Crippen molar-refractivity contribution in [2.75, 3.05) is 12.3 Å². The van der Waals surface area contributed by atoms with Crippen molar-refractivity contribution in [2.45, 2.75) is 24.8 Å². The molecule has 0 aliphatic carbocycles. The van der Waals surface area contributed by atoms with Crippen molar-refractivity contribution in [2.24, 2.45) is 5.92 Å². The lowest BCUT2D eigenvalue weighted by molar-refractivity contribution is -0.123. The summed E-state index contributed by atoms with van der Waals surface area (Å²) in [7, 11) is 0. The Bertz CT molecular complexity index is 720. The van der Waals surface area contributed by atoms with E-state index in [2.05, 4.69) is 10.6 Å². The fraction of sp³-hybridized carbons (Fsp3) is 0.300. The van der Waals surface area contributed by atoms with Crippen molar-refractivity contribution in [3.05, 3.63) is 65.2 Å². The lowest BCUT2D eigenvalue weighted by Gasteiger charge is -2.21. The fourth-order valence-corrected chi connectivity index (χ4v) is 3.25. The zero-order valence-electron chi connectivity index (χ0n) is 14.9. The van der Waals surface area contributed by atoms with E-state index in [1.807, 2.05) is 44.2 Å². The summed E-state index contributed by atoms with van der Waals surface area (Å²) in [5, 5.41) is 6.28. The molecule has 0 unspecified atom stereocenters. The second-order valence-electron chi connectivity index (χ2n) is 6.15. The molecule has 2 amide bonds. The molecule has 138 valence electrons. The summed E-state index contributed by atoms with van der Waals surface area (Å²) >= 11 is 7.52. The maximum atomic E-state index is 12.5. The molecule has 0 aromatic heterocycles. The summed E-state index contributed by atoms with van der Waals surface area (Å²) in [6, 6.07) is 16.0. The van der Waals surface area contributed by atoms with E-state index in [1.165, 1.54) is 0 Å². The molecule has 26 heavy (non-hydrogen) atoms. The molecule has 0 heterocycles. The van der Waals surface area contributed by atoms with Crippen molar-refractivity contribution >= 4 is 35.2 Å².